The number of hydrogen-bond donors (Lipinski definition) is 1. The molecular formula is C11H9N2NaO4. The van der Waals surface area contributed by atoms with Crippen molar-refractivity contribution in [1.29, 1.82) is 0 Å². The molecule has 0 saturated carbocycles. The summed E-state index contributed by atoms with van der Waals surface area (Å²) in [5.41, 5.74) is -0.883. The molecule has 0 aliphatic rings. The Labute approximate surface area is 124 Å². The normalized spacial score (nSPS) is 9.83. The number of aromatic amines is 1. The van der Waals surface area contributed by atoms with Crippen molar-refractivity contribution >= 4 is 17.0 Å². The second-order valence-electron chi connectivity index (χ2n) is 3.28. The minimum atomic E-state index is -0.925. The second kappa shape index (κ2) is 5.99. The van der Waals surface area contributed by atoms with Gasteiger partial charge in [0.25, 0.3) is 0 Å². The summed E-state index contributed by atoms with van der Waals surface area (Å²) in [4.78, 5) is 29.6. The van der Waals surface area contributed by atoms with Crippen LogP contribution in [0.15, 0.2) is 23.1 Å². The van der Waals surface area contributed by atoms with E-state index in [0.29, 0.717) is 5.52 Å². The number of fused-ring (bicyclic) bond motifs is 1. The van der Waals surface area contributed by atoms with E-state index in [1.807, 2.05) is 0 Å². The van der Waals surface area contributed by atoms with Crippen molar-refractivity contribution < 1.29 is 44.2 Å². The molecule has 6 nitrogen and oxygen atoms in total. The summed E-state index contributed by atoms with van der Waals surface area (Å²) in [6, 6.07) is 3.13. The molecule has 0 saturated heterocycles. The van der Waals surface area contributed by atoms with Crippen molar-refractivity contribution in [1.82, 2.24) is 9.97 Å². The molecule has 0 unspecified atom stereocenters. The number of esters is 1. The Morgan fingerprint density at radius 3 is 2.94 bits per heavy atom. The Morgan fingerprint density at radius 1 is 1.56 bits per heavy atom. The van der Waals surface area contributed by atoms with Crippen molar-refractivity contribution in [2.24, 2.45) is 0 Å². The number of carbonyl (C=O) groups excluding carboxylic acids is 1. The molecule has 18 heavy (non-hydrogen) atoms. The summed E-state index contributed by atoms with van der Waals surface area (Å²) in [7, 11) is 0. The third-order valence-corrected chi connectivity index (χ3v) is 2.20. The van der Waals surface area contributed by atoms with E-state index in [1.54, 1.807) is 19.1 Å². The monoisotopic (exact) mass is 256 g/mol. The molecule has 0 aliphatic heterocycles. The van der Waals surface area contributed by atoms with E-state index in [-0.39, 0.29) is 41.7 Å². The fraction of sp³-hybridized carbons (Fsp3) is 0.182. The summed E-state index contributed by atoms with van der Waals surface area (Å²) in [6.07, 6.45) is 1.41. The maximum absolute atomic E-state index is 11.9. The van der Waals surface area contributed by atoms with Gasteiger partial charge < -0.3 is 14.8 Å². The van der Waals surface area contributed by atoms with E-state index < -0.39 is 22.8 Å². The second-order valence-corrected chi connectivity index (χ2v) is 3.28. The van der Waals surface area contributed by atoms with Gasteiger partial charge in [0.2, 0.25) is 5.43 Å². The van der Waals surface area contributed by atoms with Gasteiger partial charge in [0.1, 0.15) is 11.1 Å². The molecule has 1 N–H and O–H groups in total. The van der Waals surface area contributed by atoms with Crippen LogP contribution in [-0.4, -0.2) is 22.5 Å². The van der Waals surface area contributed by atoms with E-state index in [0.717, 1.165) is 0 Å². The fourth-order valence-corrected chi connectivity index (χ4v) is 1.48. The Hall–Kier alpha value is -1.37. The average Bonchev–Trinajstić information content (AvgIpc) is 2.29. The third kappa shape index (κ3) is 2.55. The molecule has 0 bridgehead atoms. The van der Waals surface area contributed by atoms with E-state index in [9.17, 15) is 14.7 Å². The zero-order valence-corrected chi connectivity index (χ0v) is 12.0. The average molecular weight is 256 g/mol. The maximum atomic E-state index is 11.9. The first-order chi connectivity index (χ1) is 8.15. The summed E-state index contributed by atoms with van der Waals surface area (Å²) < 4.78 is 4.65. The number of aromatic nitrogens is 2. The quantitative estimate of drug-likeness (QED) is 0.462. The summed E-state index contributed by atoms with van der Waals surface area (Å²) in [5, 5.41) is 11.6. The predicted molar refractivity (Wildman–Crippen MR) is 57.8 cm³/mol. The van der Waals surface area contributed by atoms with Crippen LogP contribution in [0, 0.1) is 0 Å². The van der Waals surface area contributed by atoms with E-state index in [1.165, 1.54) is 6.20 Å². The van der Waals surface area contributed by atoms with Gasteiger partial charge in [-0.2, -0.15) is 0 Å². The molecular weight excluding hydrogens is 247 g/mol. The predicted octanol–water partition coefficient (Wildman–Crippen LogP) is -2.82. The number of ether oxygens (including phenoxy) is 1. The number of pyridine rings is 2. The molecule has 88 valence electrons. The van der Waals surface area contributed by atoms with Crippen LogP contribution in [0.3, 0.4) is 0 Å². The van der Waals surface area contributed by atoms with Crippen LogP contribution in [-0.2, 0) is 4.74 Å². The number of hydrogen-bond acceptors (Lipinski definition) is 5. The van der Waals surface area contributed by atoms with Gasteiger partial charge in [-0.05, 0) is 24.9 Å². The van der Waals surface area contributed by atoms with E-state index in [2.05, 4.69) is 14.7 Å². The maximum Gasteiger partial charge on any atom is 1.00 e. The van der Waals surface area contributed by atoms with Gasteiger partial charge >= 0.3 is 35.5 Å². The van der Waals surface area contributed by atoms with Crippen molar-refractivity contribution in [2.75, 3.05) is 6.61 Å². The molecule has 2 rings (SSSR count). The van der Waals surface area contributed by atoms with Crippen LogP contribution in [0.25, 0.3) is 11.0 Å². The smallest absolute Gasteiger partial charge is 0.860 e. The summed E-state index contributed by atoms with van der Waals surface area (Å²) >= 11 is 0. The molecule has 0 spiro atoms. The van der Waals surface area contributed by atoms with Gasteiger partial charge in [-0.3, -0.25) is 9.78 Å². The SMILES string of the molecule is CCOC(=O)c1c([O-])[nH]c2cccnc2c1=O.[Na+]. The van der Waals surface area contributed by atoms with Gasteiger partial charge in [0.05, 0.1) is 12.1 Å². The van der Waals surface area contributed by atoms with Gasteiger partial charge in [-0.15, -0.1) is 0 Å². The van der Waals surface area contributed by atoms with Crippen LogP contribution in [0.1, 0.15) is 17.3 Å². The number of rotatable bonds is 2. The molecule has 2 aromatic rings. The number of H-pyrrole nitrogens is 1. The van der Waals surface area contributed by atoms with Crippen LogP contribution in [0.2, 0.25) is 0 Å². The van der Waals surface area contributed by atoms with Crippen LogP contribution < -0.4 is 40.1 Å². The van der Waals surface area contributed by atoms with Crippen molar-refractivity contribution in [2.45, 2.75) is 6.92 Å². The van der Waals surface area contributed by atoms with Crippen LogP contribution in [0.4, 0.5) is 0 Å². The van der Waals surface area contributed by atoms with Crippen molar-refractivity contribution in [3.05, 3.63) is 34.1 Å². The minimum Gasteiger partial charge on any atom is -0.860 e. The van der Waals surface area contributed by atoms with Gasteiger partial charge in [0.15, 0.2) is 0 Å². The van der Waals surface area contributed by atoms with Crippen LogP contribution >= 0.6 is 0 Å². The number of carbonyl (C=O) groups is 1. The molecule has 0 aromatic carbocycles. The summed E-state index contributed by atoms with van der Waals surface area (Å²) in [6.45, 7) is 1.69. The topological polar surface area (TPSA) is 95.1 Å². The first-order valence-corrected chi connectivity index (χ1v) is 5.00. The molecule has 0 atom stereocenters. The Morgan fingerprint density at radius 2 is 2.28 bits per heavy atom. The van der Waals surface area contributed by atoms with Crippen molar-refractivity contribution in [3.63, 3.8) is 0 Å². The first kappa shape index (κ1) is 14.7. The molecule has 0 amide bonds. The standard InChI is InChI=1S/C11H10N2O4.Na/c1-2-17-11(16)7-9(14)8-6(13-10(7)15)4-3-5-12-8;/h3-5H,2H2,1H3,(H2,13,14,15);/q;+1/p-1. The number of nitrogens with one attached hydrogen (secondary N) is 1. The molecule has 0 fully saturated rings. The van der Waals surface area contributed by atoms with E-state index in [4.69, 9.17) is 0 Å². The Balaban J connectivity index is 0.00000162. The Bertz CT molecular complexity index is 638. The van der Waals surface area contributed by atoms with Gasteiger partial charge in [-0.25, -0.2) is 4.79 Å². The molecule has 2 aromatic heterocycles. The largest absolute Gasteiger partial charge is 1.00 e. The van der Waals surface area contributed by atoms with E-state index >= 15 is 0 Å². The summed E-state index contributed by atoms with van der Waals surface area (Å²) in [5.74, 6) is -1.68. The van der Waals surface area contributed by atoms with Gasteiger partial charge in [-0.1, -0.05) is 0 Å². The molecule has 2 heterocycles. The zero-order chi connectivity index (χ0) is 12.4. The molecule has 0 aliphatic carbocycles. The number of nitrogens with zero attached hydrogens (tertiary/aromatic N) is 1. The fourth-order valence-electron chi connectivity index (χ4n) is 1.48. The first-order valence-electron chi connectivity index (χ1n) is 5.00. The van der Waals surface area contributed by atoms with Crippen molar-refractivity contribution in [3.8, 4) is 5.88 Å². The minimum absolute atomic E-state index is 0. The Kier molecular flexibility index (Phi) is 4.89. The zero-order valence-electron chi connectivity index (χ0n) is 10.0. The molecule has 7 heteroatoms. The third-order valence-electron chi connectivity index (χ3n) is 2.20. The van der Waals surface area contributed by atoms with Crippen LogP contribution in [0.5, 0.6) is 5.88 Å². The molecule has 0 radical (unpaired) electrons. The van der Waals surface area contributed by atoms with Gasteiger partial charge in [0, 0.05) is 6.20 Å².